The van der Waals surface area contributed by atoms with Gasteiger partial charge in [-0.2, -0.15) is 0 Å². The normalized spacial score (nSPS) is 12.3. The maximum atomic E-state index is 5.88. The molecule has 0 amide bonds. The van der Waals surface area contributed by atoms with Crippen molar-refractivity contribution in [1.29, 1.82) is 0 Å². The maximum Gasteiger partial charge on any atom is 0.124 e. The Morgan fingerprint density at radius 2 is 2.00 bits per heavy atom. The number of rotatable bonds is 9. The molecule has 3 nitrogen and oxygen atoms in total. The van der Waals surface area contributed by atoms with Gasteiger partial charge in [-0.15, -0.1) is 11.3 Å². The Balaban J connectivity index is 2.22. The molecule has 1 N–H and O–H groups in total. The van der Waals surface area contributed by atoms with Crippen molar-refractivity contribution in [1.82, 2.24) is 5.32 Å². The van der Waals surface area contributed by atoms with Gasteiger partial charge in [0.05, 0.1) is 12.6 Å². The summed E-state index contributed by atoms with van der Waals surface area (Å²) in [6, 6.07) is 12.7. The van der Waals surface area contributed by atoms with E-state index < -0.39 is 0 Å². The zero-order valence-electron chi connectivity index (χ0n) is 12.7. The molecule has 0 aliphatic carbocycles. The molecule has 1 atom stereocenters. The Bertz CT molecular complexity index is 513. The Morgan fingerprint density at radius 1 is 1.14 bits per heavy atom. The van der Waals surface area contributed by atoms with Crippen molar-refractivity contribution in [2.75, 3.05) is 26.9 Å². The first-order valence-corrected chi connectivity index (χ1v) is 8.22. The lowest BCUT2D eigenvalue weighted by atomic mass is 10.0. The summed E-state index contributed by atoms with van der Waals surface area (Å²) in [6.45, 7) is 4.33. The predicted octanol–water partition coefficient (Wildman–Crippen LogP) is 3.86. The Kier molecular flexibility index (Phi) is 6.73. The van der Waals surface area contributed by atoms with Crippen molar-refractivity contribution in [3.05, 3.63) is 52.2 Å². The van der Waals surface area contributed by atoms with Crippen LogP contribution in [0, 0.1) is 0 Å². The van der Waals surface area contributed by atoms with Crippen molar-refractivity contribution >= 4 is 11.3 Å². The molecule has 1 unspecified atom stereocenters. The van der Waals surface area contributed by atoms with E-state index in [4.69, 9.17) is 9.47 Å². The van der Waals surface area contributed by atoms with Crippen LogP contribution in [0.15, 0.2) is 41.8 Å². The SMILES string of the molecule is CCCNC(c1cccs1)c1ccccc1OCCOC. The summed E-state index contributed by atoms with van der Waals surface area (Å²) in [7, 11) is 1.69. The minimum atomic E-state index is 0.184. The molecule has 0 saturated heterocycles. The molecule has 4 heteroatoms. The summed E-state index contributed by atoms with van der Waals surface area (Å²) < 4.78 is 10.9. The highest BCUT2D eigenvalue weighted by Crippen LogP contribution is 2.32. The van der Waals surface area contributed by atoms with Crippen LogP contribution in [-0.2, 0) is 4.74 Å². The van der Waals surface area contributed by atoms with E-state index in [0.717, 1.165) is 18.7 Å². The van der Waals surface area contributed by atoms with Gasteiger partial charge in [-0.1, -0.05) is 31.2 Å². The summed E-state index contributed by atoms with van der Waals surface area (Å²) in [5.74, 6) is 0.927. The van der Waals surface area contributed by atoms with Crippen molar-refractivity contribution in [2.24, 2.45) is 0 Å². The van der Waals surface area contributed by atoms with E-state index in [-0.39, 0.29) is 6.04 Å². The molecule has 0 aliphatic heterocycles. The van der Waals surface area contributed by atoms with Gasteiger partial charge < -0.3 is 14.8 Å². The van der Waals surface area contributed by atoms with Crippen LogP contribution in [0.2, 0.25) is 0 Å². The first-order chi connectivity index (χ1) is 10.4. The van der Waals surface area contributed by atoms with E-state index in [1.807, 2.05) is 12.1 Å². The summed E-state index contributed by atoms with van der Waals surface area (Å²) in [4.78, 5) is 1.31. The first-order valence-electron chi connectivity index (χ1n) is 7.34. The smallest absolute Gasteiger partial charge is 0.124 e. The predicted molar refractivity (Wildman–Crippen MR) is 88.3 cm³/mol. The lowest BCUT2D eigenvalue weighted by Crippen LogP contribution is -2.23. The molecule has 0 fully saturated rings. The topological polar surface area (TPSA) is 30.5 Å². The molecule has 0 saturated carbocycles. The third-order valence-corrected chi connectivity index (χ3v) is 4.14. The number of methoxy groups -OCH3 is 1. The molecule has 1 aromatic carbocycles. The van der Waals surface area contributed by atoms with Gasteiger partial charge in [0.15, 0.2) is 0 Å². The van der Waals surface area contributed by atoms with Crippen LogP contribution in [0.3, 0.4) is 0 Å². The fourth-order valence-electron chi connectivity index (χ4n) is 2.19. The van der Waals surface area contributed by atoms with Gasteiger partial charge in [0.1, 0.15) is 12.4 Å². The molecule has 0 spiro atoms. The van der Waals surface area contributed by atoms with Crippen LogP contribution >= 0.6 is 11.3 Å². The minimum absolute atomic E-state index is 0.184. The molecule has 0 radical (unpaired) electrons. The number of hydrogen-bond donors (Lipinski definition) is 1. The molecular formula is C17H23NO2S. The average molecular weight is 305 g/mol. The second-order valence-corrected chi connectivity index (χ2v) is 5.76. The van der Waals surface area contributed by atoms with Crippen LogP contribution in [-0.4, -0.2) is 26.9 Å². The van der Waals surface area contributed by atoms with Crippen molar-refractivity contribution in [3.8, 4) is 5.75 Å². The molecule has 1 aromatic heterocycles. The molecule has 0 aliphatic rings. The number of ether oxygens (including phenoxy) is 2. The second-order valence-electron chi connectivity index (χ2n) is 4.78. The van der Waals surface area contributed by atoms with Gasteiger partial charge in [0.25, 0.3) is 0 Å². The van der Waals surface area contributed by atoms with Crippen LogP contribution < -0.4 is 10.1 Å². The van der Waals surface area contributed by atoms with E-state index in [9.17, 15) is 0 Å². The van der Waals surface area contributed by atoms with Crippen molar-refractivity contribution in [2.45, 2.75) is 19.4 Å². The van der Waals surface area contributed by atoms with Crippen molar-refractivity contribution < 1.29 is 9.47 Å². The molecule has 2 aromatic rings. The van der Waals surface area contributed by atoms with E-state index in [2.05, 4.69) is 41.9 Å². The quantitative estimate of drug-likeness (QED) is 0.714. The van der Waals surface area contributed by atoms with E-state index in [1.165, 1.54) is 10.4 Å². The highest BCUT2D eigenvalue weighted by Gasteiger charge is 2.18. The lowest BCUT2D eigenvalue weighted by Gasteiger charge is -2.21. The van der Waals surface area contributed by atoms with Gasteiger partial charge >= 0.3 is 0 Å². The van der Waals surface area contributed by atoms with Gasteiger partial charge in [-0.05, 0) is 30.5 Å². The highest BCUT2D eigenvalue weighted by atomic mass is 32.1. The Hall–Kier alpha value is -1.36. The minimum Gasteiger partial charge on any atom is -0.491 e. The standard InChI is InChI=1S/C17H23NO2S/c1-3-10-18-17(16-9-6-13-21-16)14-7-4-5-8-15(14)20-12-11-19-2/h4-9,13,17-18H,3,10-12H2,1-2H3. The fourth-order valence-corrected chi connectivity index (χ4v) is 3.01. The highest BCUT2D eigenvalue weighted by molar-refractivity contribution is 7.10. The van der Waals surface area contributed by atoms with Gasteiger partial charge in [0, 0.05) is 17.6 Å². The Labute approximate surface area is 130 Å². The fraction of sp³-hybridized carbons (Fsp3) is 0.412. The van der Waals surface area contributed by atoms with Crippen LogP contribution in [0.25, 0.3) is 0 Å². The van der Waals surface area contributed by atoms with Crippen LogP contribution in [0.1, 0.15) is 29.8 Å². The average Bonchev–Trinajstić information content (AvgIpc) is 3.03. The van der Waals surface area contributed by atoms with E-state index in [0.29, 0.717) is 13.2 Å². The van der Waals surface area contributed by atoms with Gasteiger partial charge in [-0.3, -0.25) is 0 Å². The number of benzene rings is 1. The van der Waals surface area contributed by atoms with Gasteiger partial charge in [0.2, 0.25) is 0 Å². The Morgan fingerprint density at radius 3 is 2.71 bits per heavy atom. The molecule has 114 valence electrons. The molecule has 1 heterocycles. The van der Waals surface area contributed by atoms with E-state index in [1.54, 1.807) is 18.4 Å². The first kappa shape index (κ1) is 16.0. The molecule has 2 rings (SSSR count). The van der Waals surface area contributed by atoms with Crippen LogP contribution in [0.4, 0.5) is 0 Å². The molecular weight excluding hydrogens is 282 g/mol. The third kappa shape index (κ3) is 4.56. The largest absolute Gasteiger partial charge is 0.491 e. The van der Waals surface area contributed by atoms with Gasteiger partial charge in [-0.25, -0.2) is 0 Å². The summed E-state index contributed by atoms with van der Waals surface area (Å²) in [5, 5.41) is 5.73. The summed E-state index contributed by atoms with van der Waals surface area (Å²) in [6.07, 6.45) is 1.11. The number of hydrogen-bond acceptors (Lipinski definition) is 4. The summed E-state index contributed by atoms with van der Waals surface area (Å²) in [5.41, 5.74) is 1.18. The van der Waals surface area contributed by atoms with E-state index >= 15 is 0 Å². The second kappa shape index (κ2) is 8.82. The molecule has 21 heavy (non-hydrogen) atoms. The van der Waals surface area contributed by atoms with Crippen LogP contribution in [0.5, 0.6) is 5.75 Å². The molecule has 0 bridgehead atoms. The zero-order valence-corrected chi connectivity index (χ0v) is 13.5. The number of para-hydroxylation sites is 1. The summed E-state index contributed by atoms with van der Waals surface area (Å²) >= 11 is 1.77. The number of nitrogens with one attached hydrogen (secondary N) is 1. The van der Waals surface area contributed by atoms with Crippen molar-refractivity contribution in [3.63, 3.8) is 0 Å². The monoisotopic (exact) mass is 305 g/mol. The lowest BCUT2D eigenvalue weighted by molar-refractivity contribution is 0.145. The number of thiophene rings is 1. The third-order valence-electron chi connectivity index (χ3n) is 3.20. The maximum absolute atomic E-state index is 5.88. The zero-order chi connectivity index (χ0) is 14.9.